The van der Waals surface area contributed by atoms with E-state index in [2.05, 4.69) is 5.32 Å². The molecule has 2 atom stereocenters. The number of nitro benzene ring substituents is 1. The topological polar surface area (TPSA) is 92.5 Å². The van der Waals surface area contributed by atoms with Crippen molar-refractivity contribution in [3.8, 4) is 0 Å². The van der Waals surface area contributed by atoms with Crippen LogP contribution < -0.4 is 5.32 Å². The van der Waals surface area contributed by atoms with Crippen molar-refractivity contribution in [3.05, 3.63) is 74.8 Å². The van der Waals surface area contributed by atoms with Crippen LogP contribution in [0.25, 0.3) is 0 Å². The summed E-state index contributed by atoms with van der Waals surface area (Å²) in [6, 6.07) is 12.9. The predicted molar refractivity (Wildman–Crippen MR) is 91.1 cm³/mol. The van der Waals surface area contributed by atoms with Crippen LogP contribution in [0.5, 0.6) is 0 Å². The number of hydrogen-bond acceptors (Lipinski definition) is 4. The fourth-order valence-electron chi connectivity index (χ4n) is 2.39. The molecule has 0 saturated heterocycles. The molecule has 0 aromatic heterocycles. The molecule has 2 N–H and O–H groups in total. The summed E-state index contributed by atoms with van der Waals surface area (Å²) < 4.78 is 0. The molecule has 126 valence electrons. The highest BCUT2D eigenvalue weighted by Crippen LogP contribution is 2.28. The highest BCUT2D eigenvalue weighted by Gasteiger charge is 2.25. The van der Waals surface area contributed by atoms with Crippen molar-refractivity contribution < 1.29 is 14.8 Å². The maximum Gasteiger partial charge on any atom is 0.300 e. The zero-order valence-electron chi connectivity index (χ0n) is 13.0. The number of benzene rings is 2. The number of nitrogens with zero attached hydrogens (tertiary/aromatic N) is 1. The molecule has 0 fully saturated rings. The molecule has 24 heavy (non-hydrogen) atoms. The van der Waals surface area contributed by atoms with Crippen molar-refractivity contribution >= 4 is 23.2 Å². The van der Waals surface area contributed by atoms with E-state index in [-0.39, 0.29) is 23.0 Å². The first-order valence-electron chi connectivity index (χ1n) is 7.37. The lowest BCUT2D eigenvalue weighted by atomic mass is 10.0. The fourth-order valence-corrected chi connectivity index (χ4v) is 2.63. The lowest BCUT2D eigenvalue weighted by Crippen LogP contribution is -2.34. The third-order valence-corrected chi connectivity index (χ3v) is 3.86. The van der Waals surface area contributed by atoms with E-state index in [0.29, 0.717) is 0 Å². The van der Waals surface area contributed by atoms with Crippen LogP contribution in [0.4, 0.5) is 5.69 Å². The Morgan fingerprint density at radius 1 is 1.25 bits per heavy atom. The van der Waals surface area contributed by atoms with E-state index in [4.69, 9.17) is 11.6 Å². The molecule has 0 radical (unpaired) electrons. The van der Waals surface area contributed by atoms with Gasteiger partial charge in [0, 0.05) is 6.04 Å². The molecule has 0 aliphatic heterocycles. The molecular weight excluding hydrogens is 332 g/mol. The summed E-state index contributed by atoms with van der Waals surface area (Å²) >= 11 is 5.81. The molecule has 0 bridgehead atoms. The number of rotatable bonds is 6. The average Bonchev–Trinajstić information content (AvgIpc) is 2.54. The molecule has 0 heterocycles. The molecule has 2 aromatic carbocycles. The molecule has 2 aromatic rings. The first-order chi connectivity index (χ1) is 11.4. The van der Waals surface area contributed by atoms with Gasteiger partial charge < -0.3 is 10.4 Å². The number of nitrogens with one attached hydrogen (secondary N) is 1. The highest BCUT2D eigenvalue weighted by molar-refractivity contribution is 6.33. The van der Waals surface area contributed by atoms with E-state index < -0.39 is 22.6 Å². The van der Waals surface area contributed by atoms with Gasteiger partial charge in [0.05, 0.1) is 11.0 Å². The highest BCUT2D eigenvalue weighted by atomic mass is 35.5. The molecule has 0 aliphatic carbocycles. The van der Waals surface area contributed by atoms with E-state index in [1.807, 2.05) is 18.2 Å². The number of halogens is 1. The summed E-state index contributed by atoms with van der Waals surface area (Å²) in [5, 5.41) is 23.8. The molecule has 7 heteroatoms. The van der Waals surface area contributed by atoms with Crippen LogP contribution in [0, 0.1) is 10.1 Å². The van der Waals surface area contributed by atoms with Gasteiger partial charge in [0.15, 0.2) is 0 Å². The Hall–Kier alpha value is -2.44. The number of nitro groups is 1. The van der Waals surface area contributed by atoms with Crippen LogP contribution in [0.15, 0.2) is 48.5 Å². The van der Waals surface area contributed by atoms with Gasteiger partial charge in [-0.25, -0.2) is 0 Å². The Labute approximate surface area is 144 Å². The van der Waals surface area contributed by atoms with Crippen LogP contribution in [0.2, 0.25) is 5.02 Å². The lowest BCUT2D eigenvalue weighted by molar-refractivity contribution is -0.385. The Bertz CT molecular complexity index is 737. The second kappa shape index (κ2) is 7.90. The summed E-state index contributed by atoms with van der Waals surface area (Å²) in [5.74, 6) is -0.600. The van der Waals surface area contributed by atoms with Gasteiger partial charge in [-0.2, -0.15) is 0 Å². The van der Waals surface area contributed by atoms with Gasteiger partial charge in [-0.3, -0.25) is 14.9 Å². The Morgan fingerprint density at radius 2 is 1.92 bits per heavy atom. The fraction of sp³-hybridized carbons (Fsp3) is 0.235. The quantitative estimate of drug-likeness (QED) is 0.617. The van der Waals surface area contributed by atoms with Crippen molar-refractivity contribution in [1.82, 2.24) is 5.32 Å². The van der Waals surface area contributed by atoms with E-state index in [0.717, 1.165) is 5.56 Å². The largest absolute Gasteiger partial charge is 0.388 e. The summed E-state index contributed by atoms with van der Waals surface area (Å²) in [7, 11) is 0. The van der Waals surface area contributed by atoms with Crippen molar-refractivity contribution in [2.75, 3.05) is 0 Å². The summed E-state index contributed by atoms with van der Waals surface area (Å²) in [6.07, 6.45) is -0.458. The average molecular weight is 349 g/mol. The number of amides is 1. The number of aliphatic hydroxyl groups is 1. The maximum absolute atomic E-state index is 12.3. The Balaban J connectivity index is 2.07. The second-order valence-corrected chi connectivity index (χ2v) is 5.84. The number of carbonyl (C=O) groups is 1. The van der Waals surface area contributed by atoms with E-state index >= 15 is 0 Å². The van der Waals surface area contributed by atoms with Gasteiger partial charge in [-0.05, 0) is 31.0 Å². The molecular formula is C17H17ClN2O4. The van der Waals surface area contributed by atoms with Crippen LogP contribution >= 0.6 is 11.6 Å². The smallest absolute Gasteiger partial charge is 0.300 e. The Kier molecular flexibility index (Phi) is 5.89. The van der Waals surface area contributed by atoms with Crippen molar-refractivity contribution in [3.63, 3.8) is 0 Å². The van der Waals surface area contributed by atoms with Gasteiger partial charge in [0.25, 0.3) is 5.91 Å². The molecule has 0 saturated carbocycles. The van der Waals surface area contributed by atoms with Crippen LogP contribution in [-0.4, -0.2) is 22.0 Å². The second-order valence-electron chi connectivity index (χ2n) is 5.43. The minimum atomic E-state index is -0.740. The van der Waals surface area contributed by atoms with Gasteiger partial charge in [-0.1, -0.05) is 48.0 Å². The van der Waals surface area contributed by atoms with E-state index in [1.54, 1.807) is 19.1 Å². The van der Waals surface area contributed by atoms with Crippen LogP contribution in [0.1, 0.15) is 35.4 Å². The minimum absolute atomic E-state index is 0.0929. The van der Waals surface area contributed by atoms with Gasteiger partial charge in [0.1, 0.15) is 10.6 Å². The minimum Gasteiger partial charge on any atom is -0.388 e. The van der Waals surface area contributed by atoms with Crippen LogP contribution in [0.3, 0.4) is 0 Å². The lowest BCUT2D eigenvalue weighted by Gasteiger charge is -2.18. The monoisotopic (exact) mass is 348 g/mol. The summed E-state index contributed by atoms with van der Waals surface area (Å²) in [4.78, 5) is 22.7. The molecule has 0 spiro atoms. The van der Waals surface area contributed by atoms with E-state index in [1.165, 1.54) is 18.2 Å². The zero-order chi connectivity index (χ0) is 17.7. The Morgan fingerprint density at radius 3 is 2.54 bits per heavy atom. The number of para-hydroxylation sites is 1. The zero-order valence-corrected chi connectivity index (χ0v) is 13.7. The van der Waals surface area contributed by atoms with Gasteiger partial charge >= 0.3 is 5.69 Å². The van der Waals surface area contributed by atoms with Crippen molar-refractivity contribution in [2.24, 2.45) is 0 Å². The third kappa shape index (κ3) is 4.31. The van der Waals surface area contributed by atoms with Crippen molar-refractivity contribution in [1.29, 1.82) is 0 Å². The molecule has 1 amide bonds. The standard InChI is InChI=1S/C17H17ClN2O4/c1-11(10-15(21)12-6-3-2-4-7-12)19-17(22)13-8-5-9-14(18)16(13)20(23)24/h2-9,11,15,21H,10H2,1H3,(H,19,22). The number of aliphatic hydroxyl groups excluding tert-OH is 1. The number of hydrogen-bond donors (Lipinski definition) is 2. The summed E-state index contributed by atoms with van der Waals surface area (Å²) in [6.45, 7) is 1.72. The SMILES string of the molecule is CC(CC(O)c1ccccc1)NC(=O)c1cccc(Cl)c1[N+](=O)[O-]. The first-order valence-corrected chi connectivity index (χ1v) is 7.74. The molecule has 6 nitrogen and oxygen atoms in total. The number of carbonyl (C=O) groups excluding carboxylic acids is 1. The maximum atomic E-state index is 12.3. The van der Waals surface area contributed by atoms with Crippen LogP contribution in [-0.2, 0) is 0 Å². The normalized spacial score (nSPS) is 13.1. The van der Waals surface area contributed by atoms with Gasteiger partial charge in [-0.15, -0.1) is 0 Å². The molecule has 2 rings (SSSR count). The van der Waals surface area contributed by atoms with Crippen molar-refractivity contribution in [2.45, 2.75) is 25.5 Å². The third-order valence-electron chi connectivity index (χ3n) is 3.55. The molecule has 2 unspecified atom stereocenters. The van der Waals surface area contributed by atoms with E-state index in [9.17, 15) is 20.0 Å². The molecule has 0 aliphatic rings. The first kappa shape index (κ1) is 17.9. The van der Waals surface area contributed by atoms with Gasteiger partial charge in [0.2, 0.25) is 0 Å². The summed E-state index contributed by atoms with van der Waals surface area (Å²) in [5.41, 5.74) is 0.216. The predicted octanol–water partition coefficient (Wildman–Crippen LogP) is 3.49.